The van der Waals surface area contributed by atoms with Crippen molar-refractivity contribution in [3.63, 3.8) is 0 Å². The molecule has 16 heavy (non-hydrogen) atoms. The molecule has 0 spiro atoms. The Bertz CT molecular complexity index is 352. The third-order valence-electron chi connectivity index (χ3n) is 2.14. The minimum absolute atomic E-state index is 0.421. The van der Waals surface area contributed by atoms with Gasteiger partial charge in [0.05, 0.1) is 0 Å². The van der Waals surface area contributed by atoms with Gasteiger partial charge in [-0.05, 0) is 0 Å². The van der Waals surface area contributed by atoms with Crippen LogP contribution in [0.1, 0.15) is 0 Å². The number of benzene rings is 2. The first-order valence-corrected chi connectivity index (χ1v) is 10.3. The molecular weight excluding hydrogens is 288 g/mol. The molecule has 0 aliphatic heterocycles. The van der Waals surface area contributed by atoms with E-state index in [4.69, 9.17) is 9.69 Å². The summed E-state index contributed by atoms with van der Waals surface area (Å²) in [6.07, 6.45) is 0. The summed E-state index contributed by atoms with van der Waals surface area (Å²) in [5.41, 5.74) is 0. The van der Waals surface area contributed by atoms with Crippen molar-refractivity contribution in [2.45, 2.75) is 0 Å². The van der Waals surface area contributed by atoms with Gasteiger partial charge in [-0.3, -0.25) is 0 Å². The van der Waals surface area contributed by atoms with Crippen LogP contribution >= 0.6 is 17.6 Å². The molecule has 2 rings (SSSR count). The van der Waals surface area contributed by atoms with E-state index in [1.165, 1.54) is 10.6 Å². The molecule has 0 radical (unpaired) electrons. The predicted molar refractivity (Wildman–Crippen MR) is 70.3 cm³/mol. The van der Waals surface area contributed by atoms with Gasteiger partial charge in [0.25, 0.3) is 0 Å². The number of hydrogen-bond acceptors (Lipinski definition) is 0. The fraction of sp³-hybridized carbons (Fsp3) is 0. The van der Waals surface area contributed by atoms with E-state index in [1.54, 1.807) is 0 Å². The first-order valence-electron chi connectivity index (χ1n) is 4.85. The standard InChI is InChI=1S/C13H12P.ClH.Zn/c1-14(12-8-4-2-5-9-12)13-10-6-3-7-11-13;;/h2-11H,1H2;1H;/q-1;;+2/p-1. The zero-order chi connectivity index (χ0) is 11.8. The average Bonchev–Trinajstić information content (AvgIpc) is 2.42. The third kappa shape index (κ3) is 3.98. The summed E-state index contributed by atoms with van der Waals surface area (Å²) in [4.78, 5) is 0. The normalized spacial score (nSPS) is 9.56. The van der Waals surface area contributed by atoms with Crippen LogP contribution in [0.3, 0.4) is 0 Å². The molecule has 0 atom stereocenters. The van der Waals surface area contributed by atoms with Crippen LogP contribution in [-0.4, -0.2) is 0 Å². The summed E-state index contributed by atoms with van der Waals surface area (Å²) < 4.78 is 0. The maximum absolute atomic E-state index is 4.76. The predicted octanol–water partition coefficient (Wildman–Crippen LogP) is 3.60. The summed E-state index contributed by atoms with van der Waals surface area (Å²) in [6, 6.07) is 20.9. The van der Waals surface area contributed by atoms with Crippen molar-refractivity contribution in [3.8, 4) is 0 Å². The van der Waals surface area contributed by atoms with Crippen molar-refractivity contribution in [3.05, 3.63) is 67.3 Å². The first kappa shape index (κ1) is 13.8. The van der Waals surface area contributed by atoms with E-state index in [-0.39, 0.29) is 0 Å². The van der Waals surface area contributed by atoms with Crippen LogP contribution in [0.5, 0.6) is 0 Å². The van der Waals surface area contributed by atoms with Crippen molar-refractivity contribution >= 4 is 28.2 Å². The van der Waals surface area contributed by atoms with E-state index in [9.17, 15) is 0 Å². The summed E-state index contributed by atoms with van der Waals surface area (Å²) in [7, 11) is 4.34. The summed E-state index contributed by atoms with van der Waals surface area (Å²) in [6.45, 7) is 4.24. The molecule has 0 aliphatic carbocycles. The number of halogens is 1. The van der Waals surface area contributed by atoms with Crippen LogP contribution in [0.25, 0.3) is 0 Å². The van der Waals surface area contributed by atoms with E-state index in [1.807, 2.05) is 12.1 Å². The summed E-state index contributed by atoms with van der Waals surface area (Å²) in [5, 5.41) is 2.66. The first-order chi connectivity index (χ1) is 7.88. The van der Waals surface area contributed by atoms with Gasteiger partial charge in [-0.25, -0.2) is 7.92 Å². The molecule has 0 aromatic heterocycles. The van der Waals surface area contributed by atoms with Crippen molar-refractivity contribution in [2.75, 3.05) is 0 Å². The molecule has 2 aromatic carbocycles. The molecule has 78 valence electrons. The van der Waals surface area contributed by atoms with Crippen LogP contribution in [0.4, 0.5) is 0 Å². The topological polar surface area (TPSA) is 0 Å². The quantitative estimate of drug-likeness (QED) is 0.451. The molecular formula is C13H12ClPZn. The molecule has 0 bridgehead atoms. The molecule has 0 fully saturated rings. The fourth-order valence-corrected chi connectivity index (χ4v) is 2.73. The van der Waals surface area contributed by atoms with Crippen LogP contribution in [0, 0.1) is 6.66 Å². The van der Waals surface area contributed by atoms with Gasteiger partial charge in [0.1, 0.15) is 0 Å². The molecule has 0 saturated heterocycles. The van der Waals surface area contributed by atoms with Gasteiger partial charge < -0.3 is 6.66 Å². The van der Waals surface area contributed by atoms with Crippen molar-refractivity contribution in [1.82, 2.24) is 0 Å². The summed E-state index contributed by atoms with van der Waals surface area (Å²) >= 11 is 0.847. The van der Waals surface area contributed by atoms with E-state index >= 15 is 0 Å². The van der Waals surface area contributed by atoms with Crippen molar-refractivity contribution < 1.29 is 17.3 Å². The van der Waals surface area contributed by atoms with Crippen molar-refractivity contribution in [2.24, 2.45) is 0 Å². The molecule has 0 amide bonds. The Morgan fingerprint density at radius 2 is 1.06 bits per heavy atom. The summed E-state index contributed by atoms with van der Waals surface area (Å²) in [5.74, 6) is 0. The molecule has 0 unspecified atom stereocenters. The van der Waals surface area contributed by atoms with E-state index in [2.05, 4.69) is 55.2 Å². The molecule has 0 nitrogen and oxygen atoms in total. The van der Waals surface area contributed by atoms with Crippen LogP contribution < -0.4 is 10.6 Å². The molecule has 0 heterocycles. The monoisotopic (exact) mass is 298 g/mol. The van der Waals surface area contributed by atoms with Crippen LogP contribution in [0.2, 0.25) is 0 Å². The second-order valence-corrected chi connectivity index (χ2v) is 4.99. The fourth-order valence-electron chi connectivity index (χ4n) is 1.36. The number of hydrogen-bond donors (Lipinski definition) is 0. The van der Waals surface area contributed by atoms with Gasteiger partial charge in [0, 0.05) is 0 Å². The molecule has 0 N–H and O–H groups in total. The zero-order valence-corrected chi connectivity index (χ0v) is 13.6. The van der Waals surface area contributed by atoms with Crippen molar-refractivity contribution in [1.29, 1.82) is 0 Å². The average molecular weight is 300 g/mol. The Labute approximate surface area is 113 Å². The van der Waals surface area contributed by atoms with Gasteiger partial charge in [-0.15, -0.1) is 0 Å². The Morgan fingerprint density at radius 1 is 0.750 bits per heavy atom. The van der Waals surface area contributed by atoms with Gasteiger partial charge in [-0.1, -0.05) is 71.3 Å². The third-order valence-corrected chi connectivity index (χ3v) is 3.98. The molecule has 2 aromatic rings. The molecule has 0 saturated carbocycles. The Hall–Kier alpha value is -0.217. The Kier molecular flexibility index (Phi) is 6.89. The van der Waals surface area contributed by atoms with Crippen LogP contribution in [0.15, 0.2) is 60.7 Å². The van der Waals surface area contributed by atoms with Gasteiger partial charge in [0.2, 0.25) is 0 Å². The van der Waals surface area contributed by atoms with E-state index < -0.39 is 7.92 Å². The van der Waals surface area contributed by atoms with Crippen LogP contribution in [-0.2, 0) is 17.3 Å². The minimum atomic E-state index is -0.421. The Morgan fingerprint density at radius 3 is 1.38 bits per heavy atom. The van der Waals surface area contributed by atoms with Gasteiger partial charge in [0.15, 0.2) is 0 Å². The van der Waals surface area contributed by atoms with E-state index in [0.29, 0.717) is 0 Å². The Balaban J connectivity index is 0.000000606. The maximum atomic E-state index is 4.76. The number of rotatable bonds is 2. The molecule has 3 heteroatoms. The second-order valence-electron chi connectivity index (χ2n) is 3.10. The molecule has 0 aliphatic rings. The van der Waals surface area contributed by atoms with E-state index in [0.717, 1.165) is 17.3 Å². The SMILES string of the molecule is [CH2-]P(c1ccccc1)c1ccccc1.[Cl][Zn+]. The van der Waals surface area contributed by atoms with Gasteiger partial charge in [-0.2, -0.15) is 0 Å². The second kappa shape index (κ2) is 7.96. The van der Waals surface area contributed by atoms with Gasteiger partial charge >= 0.3 is 27.0 Å². The zero-order valence-electron chi connectivity index (χ0n) is 9.01.